The molecule has 106 valence electrons. The molecular weight excluding hydrogens is 270 g/mol. The van der Waals surface area contributed by atoms with E-state index in [4.69, 9.17) is 4.52 Å². The van der Waals surface area contributed by atoms with E-state index in [1.807, 2.05) is 0 Å². The van der Waals surface area contributed by atoms with Crippen LogP contribution >= 0.6 is 0 Å². The van der Waals surface area contributed by atoms with Gasteiger partial charge in [-0.2, -0.15) is 4.98 Å². The van der Waals surface area contributed by atoms with E-state index in [2.05, 4.69) is 15.5 Å². The zero-order chi connectivity index (χ0) is 13.5. The number of nitrogens with one attached hydrogen (secondary N) is 1. The Morgan fingerprint density at radius 3 is 2.74 bits per heavy atom. The molecule has 7 nitrogen and oxygen atoms in total. The van der Waals surface area contributed by atoms with Crippen molar-refractivity contribution in [2.45, 2.75) is 30.8 Å². The van der Waals surface area contributed by atoms with Crippen LogP contribution in [0.1, 0.15) is 36.9 Å². The number of hydrogen-bond donors (Lipinski definition) is 2. The van der Waals surface area contributed by atoms with Crippen molar-refractivity contribution in [1.82, 2.24) is 15.5 Å². The van der Waals surface area contributed by atoms with E-state index in [1.165, 1.54) is 0 Å². The summed E-state index contributed by atoms with van der Waals surface area (Å²) < 4.78 is 28.0. The van der Waals surface area contributed by atoms with Crippen molar-refractivity contribution in [2.24, 2.45) is 0 Å². The Morgan fingerprint density at radius 1 is 1.37 bits per heavy atom. The molecular formula is C11H17N3O4S. The van der Waals surface area contributed by atoms with Crippen molar-refractivity contribution < 1.29 is 18.0 Å². The minimum absolute atomic E-state index is 0.0754. The number of hydrogen-bond acceptors (Lipinski definition) is 7. The second kappa shape index (κ2) is 4.53. The molecule has 2 saturated heterocycles. The molecule has 1 aromatic rings. The standard InChI is InChI=1S/C11H17N3O4S/c15-11(2-4-12-5-3-11)10-13-9(14-18-10)8-1-6-19(16,17)7-8/h8,12,15H,1-7H2. The molecule has 2 aliphatic rings. The van der Waals surface area contributed by atoms with Crippen LogP contribution < -0.4 is 5.32 Å². The van der Waals surface area contributed by atoms with Crippen LogP contribution in [0.2, 0.25) is 0 Å². The van der Waals surface area contributed by atoms with Gasteiger partial charge in [-0.25, -0.2) is 8.42 Å². The highest BCUT2D eigenvalue weighted by molar-refractivity contribution is 7.91. The van der Waals surface area contributed by atoms with Gasteiger partial charge in [0, 0.05) is 5.92 Å². The monoisotopic (exact) mass is 287 g/mol. The first kappa shape index (κ1) is 13.0. The van der Waals surface area contributed by atoms with Crippen molar-refractivity contribution in [1.29, 1.82) is 0 Å². The molecule has 1 aromatic heterocycles. The molecule has 2 aliphatic heterocycles. The van der Waals surface area contributed by atoms with Crippen LogP contribution in [-0.2, 0) is 15.4 Å². The Labute approximate surface area is 111 Å². The van der Waals surface area contributed by atoms with Gasteiger partial charge in [0.2, 0.25) is 0 Å². The molecule has 0 aromatic carbocycles. The van der Waals surface area contributed by atoms with Crippen molar-refractivity contribution in [3.05, 3.63) is 11.7 Å². The Morgan fingerprint density at radius 2 is 2.11 bits per heavy atom. The van der Waals surface area contributed by atoms with Crippen molar-refractivity contribution >= 4 is 9.84 Å². The van der Waals surface area contributed by atoms with Crippen LogP contribution in [0.15, 0.2) is 4.52 Å². The van der Waals surface area contributed by atoms with E-state index in [-0.39, 0.29) is 23.3 Å². The zero-order valence-corrected chi connectivity index (χ0v) is 11.3. The average molecular weight is 287 g/mol. The van der Waals surface area contributed by atoms with Crippen LogP contribution in [0, 0.1) is 0 Å². The number of rotatable bonds is 2. The molecule has 0 saturated carbocycles. The first-order valence-electron chi connectivity index (χ1n) is 6.46. The predicted molar refractivity (Wildman–Crippen MR) is 66.3 cm³/mol. The lowest BCUT2D eigenvalue weighted by Gasteiger charge is -2.28. The van der Waals surface area contributed by atoms with Gasteiger partial charge in [0.25, 0.3) is 5.89 Å². The summed E-state index contributed by atoms with van der Waals surface area (Å²) in [5.74, 6) is 0.672. The third-order valence-corrected chi connectivity index (χ3v) is 5.64. The summed E-state index contributed by atoms with van der Waals surface area (Å²) in [5, 5.41) is 17.5. The van der Waals surface area contributed by atoms with Crippen LogP contribution in [0.5, 0.6) is 0 Å². The molecule has 3 heterocycles. The van der Waals surface area contributed by atoms with E-state index in [9.17, 15) is 13.5 Å². The molecule has 0 aliphatic carbocycles. The summed E-state index contributed by atoms with van der Waals surface area (Å²) in [5.41, 5.74) is -1.08. The molecule has 8 heteroatoms. The highest BCUT2D eigenvalue weighted by Gasteiger charge is 2.39. The van der Waals surface area contributed by atoms with Gasteiger partial charge >= 0.3 is 0 Å². The van der Waals surface area contributed by atoms with E-state index in [1.54, 1.807) is 0 Å². The van der Waals surface area contributed by atoms with Gasteiger partial charge in [0.05, 0.1) is 11.5 Å². The number of aromatic nitrogens is 2. The first-order valence-corrected chi connectivity index (χ1v) is 8.28. The number of nitrogens with zero attached hydrogens (tertiary/aromatic N) is 2. The number of piperidine rings is 1. The summed E-state index contributed by atoms with van der Waals surface area (Å²) in [6.07, 6.45) is 1.58. The molecule has 0 radical (unpaired) electrons. The van der Waals surface area contributed by atoms with Gasteiger partial charge in [0.15, 0.2) is 15.7 Å². The van der Waals surface area contributed by atoms with Gasteiger partial charge in [-0.05, 0) is 32.4 Å². The van der Waals surface area contributed by atoms with Crippen LogP contribution in [0.25, 0.3) is 0 Å². The number of aliphatic hydroxyl groups is 1. The second-order valence-corrected chi connectivity index (χ2v) is 7.57. The SMILES string of the molecule is O=S1(=O)CCC(c2noc(C3(O)CCNCC3)n2)C1. The topological polar surface area (TPSA) is 105 Å². The highest BCUT2D eigenvalue weighted by Crippen LogP contribution is 2.32. The van der Waals surface area contributed by atoms with E-state index < -0.39 is 15.4 Å². The lowest BCUT2D eigenvalue weighted by atomic mass is 9.92. The third-order valence-electron chi connectivity index (χ3n) is 3.87. The lowest BCUT2D eigenvalue weighted by molar-refractivity contribution is -0.0228. The Kier molecular flexibility index (Phi) is 3.11. The summed E-state index contributed by atoms with van der Waals surface area (Å²) in [4.78, 5) is 4.23. The Balaban J connectivity index is 1.80. The van der Waals surface area contributed by atoms with E-state index >= 15 is 0 Å². The van der Waals surface area contributed by atoms with E-state index in [0.717, 1.165) is 0 Å². The summed E-state index contributed by atoms with van der Waals surface area (Å²) >= 11 is 0. The quantitative estimate of drug-likeness (QED) is 0.758. The third kappa shape index (κ3) is 2.52. The molecule has 0 bridgehead atoms. The van der Waals surface area contributed by atoms with Crippen molar-refractivity contribution in [3.63, 3.8) is 0 Å². The number of sulfone groups is 1. The smallest absolute Gasteiger partial charge is 0.258 e. The van der Waals surface area contributed by atoms with Crippen LogP contribution in [0.4, 0.5) is 0 Å². The summed E-state index contributed by atoms with van der Waals surface area (Å²) in [6.45, 7) is 1.40. The molecule has 2 N–H and O–H groups in total. The largest absolute Gasteiger partial charge is 0.380 e. The fourth-order valence-corrected chi connectivity index (χ4v) is 4.38. The van der Waals surface area contributed by atoms with Gasteiger partial charge < -0.3 is 14.9 Å². The van der Waals surface area contributed by atoms with Gasteiger partial charge in [0.1, 0.15) is 5.60 Å². The Bertz CT molecular complexity index is 562. The molecule has 2 fully saturated rings. The normalized spacial score (nSPS) is 29.4. The molecule has 1 unspecified atom stereocenters. The van der Waals surface area contributed by atoms with Crippen LogP contribution in [-0.4, -0.2) is 48.3 Å². The molecule has 0 amide bonds. The second-order valence-electron chi connectivity index (χ2n) is 5.34. The van der Waals surface area contributed by atoms with E-state index in [0.29, 0.717) is 38.2 Å². The first-order chi connectivity index (χ1) is 8.99. The summed E-state index contributed by atoms with van der Waals surface area (Å²) in [7, 11) is -2.97. The molecule has 1 atom stereocenters. The highest BCUT2D eigenvalue weighted by atomic mass is 32.2. The molecule has 0 spiro atoms. The van der Waals surface area contributed by atoms with Gasteiger partial charge in [-0.1, -0.05) is 5.16 Å². The minimum Gasteiger partial charge on any atom is -0.380 e. The zero-order valence-electron chi connectivity index (χ0n) is 10.5. The van der Waals surface area contributed by atoms with Crippen LogP contribution in [0.3, 0.4) is 0 Å². The fraction of sp³-hybridized carbons (Fsp3) is 0.818. The Hall–Kier alpha value is -0.990. The molecule has 3 rings (SSSR count). The maximum Gasteiger partial charge on any atom is 0.258 e. The van der Waals surface area contributed by atoms with Gasteiger partial charge in [-0.15, -0.1) is 0 Å². The maximum atomic E-state index is 11.4. The lowest BCUT2D eigenvalue weighted by Crippen LogP contribution is -2.40. The maximum absolute atomic E-state index is 11.4. The van der Waals surface area contributed by atoms with Crippen molar-refractivity contribution in [3.8, 4) is 0 Å². The summed E-state index contributed by atoms with van der Waals surface area (Å²) in [6, 6.07) is 0. The predicted octanol–water partition coefficient (Wildman–Crippen LogP) is -0.457. The van der Waals surface area contributed by atoms with Gasteiger partial charge in [-0.3, -0.25) is 0 Å². The average Bonchev–Trinajstić information content (AvgIpc) is 2.96. The fourth-order valence-electron chi connectivity index (χ4n) is 2.64. The minimum atomic E-state index is -2.97. The van der Waals surface area contributed by atoms with Crippen molar-refractivity contribution in [2.75, 3.05) is 24.6 Å². The molecule has 19 heavy (non-hydrogen) atoms.